The van der Waals surface area contributed by atoms with Crippen molar-refractivity contribution in [1.29, 1.82) is 0 Å². The Morgan fingerprint density at radius 1 is 1.17 bits per heavy atom. The Morgan fingerprint density at radius 3 is 2.38 bits per heavy atom. The van der Waals surface area contributed by atoms with Crippen molar-refractivity contribution in [1.82, 2.24) is 9.55 Å². The zero-order valence-corrected chi connectivity index (χ0v) is 18.3. The molecule has 3 N–H and O–H groups in total. The number of aryl methyl sites for hydroxylation is 2. The van der Waals surface area contributed by atoms with Gasteiger partial charge in [-0.05, 0) is 63.3 Å². The second-order valence-corrected chi connectivity index (χ2v) is 7.56. The Morgan fingerprint density at radius 2 is 1.83 bits per heavy atom. The van der Waals surface area contributed by atoms with Crippen molar-refractivity contribution in [3.05, 3.63) is 54.7 Å². The van der Waals surface area contributed by atoms with Crippen LogP contribution >= 0.6 is 0 Å². The van der Waals surface area contributed by atoms with Gasteiger partial charge in [-0.15, -0.1) is 0 Å². The molecule has 7 heteroatoms. The number of ketones is 1. The van der Waals surface area contributed by atoms with Crippen LogP contribution < -0.4 is 21.9 Å². The highest BCUT2D eigenvalue weighted by Crippen LogP contribution is 2.27. The Bertz CT molecular complexity index is 1030. The molecular weight excluding hydrogens is 368 g/mol. The van der Waals surface area contributed by atoms with Crippen LogP contribution in [0.25, 0.3) is 0 Å². The topological polar surface area (TPSA) is 101 Å². The number of hydrogen-bond acceptors (Lipinski definition) is 5. The van der Waals surface area contributed by atoms with Gasteiger partial charge < -0.3 is 10.6 Å². The summed E-state index contributed by atoms with van der Waals surface area (Å²) in [5, 5.41) is 0. The Labute approximate surface area is 171 Å². The number of carbonyl (C=O) groups excluding carboxylic acids is 1. The number of unbranched alkanes of at least 4 members (excludes halogenated alkanes) is 1. The van der Waals surface area contributed by atoms with Crippen LogP contribution in [-0.2, 0) is 13.1 Å². The number of carbonyl (C=O) groups is 1. The smallest absolute Gasteiger partial charge is 0.330 e. The second-order valence-electron chi connectivity index (χ2n) is 7.56. The standard InChI is InChI=1S/C22H32N4O3/c1-7-9-10-26-20(23)19(21(28)24-22(26)29)25(8-2)12-17-13(3)11-14(4)18(15(17)5)16(6)27/h11H,7-10,12,23H2,1-6H3,(H,24,28,29). The van der Waals surface area contributed by atoms with Gasteiger partial charge in [-0.1, -0.05) is 19.4 Å². The number of nitrogens with one attached hydrogen (secondary N) is 1. The average molecular weight is 401 g/mol. The summed E-state index contributed by atoms with van der Waals surface area (Å²) >= 11 is 0. The lowest BCUT2D eigenvalue weighted by Gasteiger charge is -2.27. The fourth-order valence-electron chi connectivity index (χ4n) is 3.97. The molecule has 0 bridgehead atoms. The van der Waals surface area contributed by atoms with E-state index in [1.807, 2.05) is 45.6 Å². The lowest BCUT2D eigenvalue weighted by atomic mass is 9.91. The van der Waals surface area contributed by atoms with Gasteiger partial charge in [0.15, 0.2) is 5.78 Å². The molecule has 0 spiro atoms. The largest absolute Gasteiger partial charge is 0.383 e. The summed E-state index contributed by atoms with van der Waals surface area (Å²) in [5.41, 5.74) is 10.2. The molecule has 1 aromatic carbocycles. The monoisotopic (exact) mass is 400 g/mol. The molecule has 0 saturated heterocycles. The molecule has 0 aliphatic heterocycles. The first-order valence-electron chi connectivity index (χ1n) is 10.1. The van der Waals surface area contributed by atoms with E-state index in [1.165, 1.54) is 4.57 Å². The molecular formula is C22H32N4O3. The normalized spacial score (nSPS) is 11.0. The van der Waals surface area contributed by atoms with Crippen molar-refractivity contribution in [3.63, 3.8) is 0 Å². The van der Waals surface area contributed by atoms with Gasteiger partial charge in [0, 0.05) is 25.2 Å². The van der Waals surface area contributed by atoms with E-state index in [0.29, 0.717) is 25.3 Å². The van der Waals surface area contributed by atoms with Crippen LogP contribution in [0.15, 0.2) is 15.7 Å². The summed E-state index contributed by atoms with van der Waals surface area (Å²) in [7, 11) is 0. The number of Topliss-reactive ketones (excluding diaryl/α,β-unsaturated/α-hetero) is 1. The second kappa shape index (κ2) is 9.11. The summed E-state index contributed by atoms with van der Waals surface area (Å²) in [6.07, 6.45) is 1.70. The lowest BCUT2D eigenvalue weighted by Crippen LogP contribution is -2.38. The summed E-state index contributed by atoms with van der Waals surface area (Å²) in [6, 6.07) is 2.00. The third kappa shape index (κ3) is 4.44. The average Bonchev–Trinajstić information content (AvgIpc) is 2.62. The molecule has 0 atom stereocenters. The Balaban J connectivity index is 2.60. The first-order chi connectivity index (χ1) is 13.6. The van der Waals surface area contributed by atoms with Crippen LogP contribution in [0, 0.1) is 20.8 Å². The van der Waals surface area contributed by atoms with E-state index in [9.17, 15) is 14.4 Å². The van der Waals surface area contributed by atoms with Gasteiger partial charge in [-0.25, -0.2) is 4.79 Å². The molecule has 0 aliphatic carbocycles. The van der Waals surface area contributed by atoms with E-state index in [2.05, 4.69) is 4.98 Å². The predicted molar refractivity (Wildman–Crippen MR) is 118 cm³/mol. The number of anilines is 2. The highest BCUT2D eigenvalue weighted by molar-refractivity contribution is 5.97. The number of hydrogen-bond donors (Lipinski definition) is 2. The highest BCUT2D eigenvalue weighted by atomic mass is 16.2. The molecule has 0 saturated carbocycles. The first-order valence-corrected chi connectivity index (χ1v) is 10.1. The number of nitrogens with two attached hydrogens (primary N) is 1. The van der Waals surface area contributed by atoms with E-state index in [4.69, 9.17) is 5.73 Å². The highest BCUT2D eigenvalue weighted by Gasteiger charge is 2.21. The zero-order chi connectivity index (χ0) is 21.9. The zero-order valence-electron chi connectivity index (χ0n) is 18.3. The molecule has 1 aromatic heterocycles. The number of nitrogen functional groups attached to an aromatic ring is 1. The Kier molecular flexibility index (Phi) is 7.06. The van der Waals surface area contributed by atoms with Gasteiger partial charge >= 0.3 is 5.69 Å². The number of aromatic amines is 1. The third-order valence-electron chi connectivity index (χ3n) is 5.48. The number of benzene rings is 1. The van der Waals surface area contributed by atoms with Crippen molar-refractivity contribution in [2.24, 2.45) is 0 Å². The van der Waals surface area contributed by atoms with E-state index in [1.54, 1.807) is 6.92 Å². The maximum absolute atomic E-state index is 12.6. The number of H-pyrrole nitrogens is 1. The van der Waals surface area contributed by atoms with Crippen LogP contribution in [-0.4, -0.2) is 21.9 Å². The fourth-order valence-corrected chi connectivity index (χ4v) is 3.97. The summed E-state index contributed by atoms with van der Waals surface area (Å²) in [6.45, 7) is 12.8. The van der Waals surface area contributed by atoms with Gasteiger partial charge in [-0.3, -0.25) is 19.1 Å². The van der Waals surface area contributed by atoms with Crippen LogP contribution in [0.1, 0.15) is 66.2 Å². The van der Waals surface area contributed by atoms with Crippen molar-refractivity contribution in [3.8, 4) is 0 Å². The van der Waals surface area contributed by atoms with Crippen molar-refractivity contribution in [2.45, 2.75) is 67.5 Å². The molecule has 0 radical (unpaired) electrons. The summed E-state index contributed by atoms with van der Waals surface area (Å²) < 4.78 is 1.43. The van der Waals surface area contributed by atoms with Gasteiger partial charge in [0.25, 0.3) is 5.56 Å². The molecule has 0 aliphatic rings. The lowest BCUT2D eigenvalue weighted by molar-refractivity contribution is 0.101. The fraction of sp³-hybridized carbons (Fsp3) is 0.500. The molecule has 0 amide bonds. The Hall–Kier alpha value is -2.83. The van der Waals surface area contributed by atoms with Crippen LogP contribution in [0.5, 0.6) is 0 Å². The predicted octanol–water partition coefficient (Wildman–Crippen LogP) is 3.07. The summed E-state index contributed by atoms with van der Waals surface area (Å²) in [5.74, 6) is 0.207. The third-order valence-corrected chi connectivity index (χ3v) is 5.48. The molecule has 7 nitrogen and oxygen atoms in total. The molecule has 0 fully saturated rings. The molecule has 158 valence electrons. The van der Waals surface area contributed by atoms with E-state index >= 15 is 0 Å². The van der Waals surface area contributed by atoms with Gasteiger partial charge in [0.1, 0.15) is 11.5 Å². The van der Waals surface area contributed by atoms with Crippen LogP contribution in [0.3, 0.4) is 0 Å². The summed E-state index contributed by atoms with van der Waals surface area (Å²) in [4.78, 5) is 41.3. The minimum atomic E-state index is -0.490. The van der Waals surface area contributed by atoms with E-state index in [0.717, 1.165) is 40.7 Å². The first kappa shape index (κ1) is 22.5. The van der Waals surface area contributed by atoms with Crippen LogP contribution in [0.4, 0.5) is 11.5 Å². The molecule has 1 heterocycles. The quantitative estimate of drug-likeness (QED) is 0.663. The number of nitrogens with zero attached hydrogens (tertiary/aromatic N) is 2. The van der Waals surface area contributed by atoms with Crippen molar-refractivity contribution >= 4 is 17.3 Å². The minimum Gasteiger partial charge on any atom is -0.383 e. The van der Waals surface area contributed by atoms with Crippen LogP contribution in [0.2, 0.25) is 0 Å². The van der Waals surface area contributed by atoms with Crippen molar-refractivity contribution in [2.75, 3.05) is 17.2 Å². The molecule has 2 rings (SSSR count). The minimum absolute atomic E-state index is 0.0229. The maximum Gasteiger partial charge on any atom is 0.330 e. The number of aromatic nitrogens is 2. The molecule has 0 unspecified atom stereocenters. The van der Waals surface area contributed by atoms with Gasteiger partial charge in [0.05, 0.1) is 0 Å². The van der Waals surface area contributed by atoms with Gasteiger partial charge in [0.2, 0.25) is 0 Å². The molecule has 2 aromatic rings. The number of rotatable bonds is 8. The maximum atomic E-state index is 12.6. The van der Waals surface area contributed by atoms with E-state index in [-0.39, 0.29) is 11.6 Å². The van der Waals surface area contributed by atoms with E-state index < -0.39 is 11.2 Å². The van der Waals surface area contributed by atoms with Gasteiger partial charge in [-0.2, -0.15) is 0 Å². The van der Waals surface area contributed by atoms with Crippen molar-refractivity contribution < 1.29 is 4.79 Å². The molecule has 29 heavy (non-hydrogen) atoms. The SMILES string of the molecule is CCCCn1c(N)c(N(CC)Cc2c(C)cc(C)c(C(C)=O)c2C)c(=O)[nH]c1=O.